The van der Waals surface area contributed by atoms with Crippen molar-refractivity contribution in [2.75, 3.05) is 26.2 Å². The number of rotatable bonds is 22. The Morgan fingerprint density at radius 3 is 1.52 bits per heavy atom. The normalized spacial score (nSPS) is 11.0. The van der Waals surface area contributed by atoms with Gasteiger partial charge >= 0.3 is 0 Å². The maximum Gasteiger partial charge on any atom is 0.233 e. The highest BCUT2D eigenvalue weighted by Crippen LogP contribution is 2.13. The van der Waals surface area contributed by atoms with Gasteiger partial charge in [0.25, 0.3) is 0 Å². The van der Waals surface area contributed by atoms with Gasteiger partial charge in [0, 0.05) is 6.54 Å². The molecule has 0 saturated heterocycles. The van der Waals surface area contributed by atoms with Crippen molar-refractivity contribution in [1.29, 1.82) is 0 Å². The Kier molecular flexibility index (Phi) is 22.9. The van der Waals surface area contributed by atoms with E-state index in [-0.39, 0.29) is 5.91 Å². The summed E-state index contributed by atoms with van der Waals surface area (Å²) in [5.41, 5.74) is 5.40. The Labute approximate surface area is 169 Å². The summed E-state index contributed by atoms with van der Waals surface area (Å²) in [4.78, 5) is 11.5. The molecule has 0 aromatic rings. The van der Waals surface area contributed by atoms with Gasteiger partial charge in [0.1, 0.15) is 0 Å². The number of carbonyl (C=O) groups excluding carboxylic acids is 1. The highest BCUT2D eigenvalue weighted by molar-refractivity contribution is 5.77. The SMILES string of the molecule is CCCCCCCCCCCCCCCCCCNCC(=O)NCCCN. The van der Waals surface area contributed by atoms with Crippen LogP contribution in [-0.2, 0) is 4.79 Å². The lowest BCUT2D eigenvalue weighted by molar-refractivity contribution is -0.120. The minimum Gasteiger partial charge on any atom is -0.355 e. The summed E-state index contributed by atoms with van der Waals surface area (Å²) in [6.45, 7) is 4.99. The van der Waals surface area contributed by atoms with Gasteiger partial charge < -0.3 is 16.4 Å². The highest BCUT2D eigenvalue weighted by Gasteiger charge is 1.99. The average molecular weight is 384 g/mol. The van der Waals surface area contributed by atoms with E-state index < -0.39 is 0 Å². The van der Waals surface area contributed by atoms with Crippen LogP contribution in [0.1, 0.15) is 116 Å². The maximum atomic E-state index is 11.5. The molecule has 4 heteroatoms. The Hall–Kier alpha value is -0.610. The van der Waals surface area contributed by atoms with Gasteiger partial charge in [-0.25, -0.2) is 0 Å². The molecule has 0 aliphatic rings. The maximum absolute atomic E-state index is 11.5. The van der Waals surface area contributed by atoms with E-state index >= 15 is 0 Å². The van der Waals surface area contributed by atoms with Crippen LogP contribution >= 0.6 is 0 Å². The first kappa shape index (κ1) is 26.4. The van der Waals surface area contributed by atoms with E-state index in [1.807, 2.05) is 0 Å². The number of unbranched alkanes of at least 4 members (excludes halogenated alkanes) is 15. The first-order valence-corrected chi connectivity index (χ1v) is 12.0. The van der Waals surface area contributed by atoms with E-state index in [1.54, 1.807) is 0 Å². The van der Waals surface area contributed by atoms with Crippen molar-refractivity contribution in [1.82, 2.24) is 10.6 Å². The van der Waals surface area contributed by atoms with Gasteiger partial charge in [0.15, 0.2) is 0 Å². The molecule has 0 aliphatic heterocycles. The Morgan fingerprint density at radius 2 is 1.07 bits per heavy atom. The number of nitrogens with two attached hydrogens (primary N) is 1. The lowest BCUT2D eigenvalue weighted by Crippen LogP contribution is -2.35. The average Bonchev–Trinajstić information content (AvgIpc) is 2.67. The molecule has 4 nitrogen and oxygen atoms in total. The molecule has 162 valence electrons. The quantitative estimate of drug-likeness (QED) is 0.222. The monoisotopic (exact) mass is 383 g/mol. The van der Waals surface area contributed by atoms with Crippen LogP contribution in [0.2, 0.25) is 0 Å². The molecular formula is C23H49N3O. The van der Waals surface area contributed by atoms with Crippen molar-refractivity contribution in [3.05, 3.63) is 0 Å². The zero-order valence-electron chi connectivity index (χ0n) is 18.3. The van der Waals surface area contributed by atoms with Crippen LogP contribution in [0.4, 0.5) is 0 Å². The van der Waals surface area contributed by atoms with Crippen molar-refractivity contribution in [2.45, 2.75) is 116 Å². The zero-order chi connectivity index (χ0) is 19.8. The van der Waals surface area contributed by atoms with Crippen LogP contribution in [0.3, 0.4) is 0 Å². The van der Waals surface area contributed by atoms with Crippen LogP contribution in [0.5, 0.6) is 0 Å². The van der Waals surface area contributed by atoms with E-state index in [0.717, 1.165) is 13.0 Å². The third kappa shape index (κ3) is 23.4. The van der Waals surface area contributed by atoms with Crippen LogP contribution < -0.4 is 16.4 Å². The molecule has 0 radical (unpaired) electrons. The smallest absolute Gasteiger partial charge is 0.233 e. The number of hydrogen-bond donors (Lipinski definition) is 3. The second-order valence-corrected chi connectivity index (χ2v) is 7.97. The van der Waals surface area contributed by atoms with Crippen LogP contribution in [0.15, 0.2) is 0 Å². The molecule has 27 heavy (non-hydrogen) atoms. The van der Waals surface area contributed by atoms with Gasteiger partial charge in [-0.3, -0.25) is 4.79 Å². The molecule has 0 saturated carbocycles. The third-order valence-electron chi connectivity index (χ3n) is 5.20. The summed E-state index contributed by atoms with van der Waals surface area (Å²) in [6, 6.07) is 0. The molecule has 0 aromatic heterocycles. The van der Waals surface area contributed by atoms with E-state index in [2.05, 4.69) is 17.6 Å². The number of hydrogen-bond acceptors (Lipinski definition) is 3. The molecule has 0 aliphatic carbocycles. The zero-order valence-corrected chi connectivity index (χ0v) is 18.3. The molecule has 0 bridgehead atoms. The lowest BCUT2D eigenvalue weighted by Gasteiger charge is -2.06. The van der Waals surface area contributed by atoms with Gasteiger partial charge in [-0.1, -0.05) is 103 Å². The van der Waals surface area contributed by atoms with Gasteiger partial charge in [-0.15, -0.1) is 0 Å². The predicted molar refractivity (Wildman–Crippen MR) is 119 cm³/mol. The summed E-state index contributed by atoms with van der Waals surface area (Å²) >= 11 is 0. The molecule has 1 amide bonds. The van der Waals surface area contributed by atoms with Gasteiger partial charge in [0.05, 0.1) is 6.54 Å². The summed E-state index contributed by atoms with van der Waals surface area (Å²) in [6.07, 6.45) is 23.1. The van der Waals surface area contributed by atoms with E-state index in [0.29, 0.717) is 19.6 Å². The van der Waals surface area contributed by atoms with Crippen LogP contribution in [0.25, 0.3) is 0 Å². The van der Waals surface area contributed by atoms with E-state index in [4.69, 9.17) is 5.73 Å². The molecular weight excluding hydrogens is 334 g/mol. The fraction of sp³-hybridized carbons (Fsp3) is 0.957. The summed E-state index contributed by atoms with van der Waals surface area (Å²) in [7, 11) is 0. The second-order valence-electron chi connectivity index (χ2n) is 7.97. The van der Waals surface area contributed by atoms with Crippen LogP contribution in [-0.4, -0.2) is 32.1 Å². The molecule has 0 fully saturated rings. The first-order valence-electron chi connectivity index (χ1n) is 12.0. The standard InChI is InChI=1S/C23H49N3O/c1-2-3-4-5-6-7-8-9-10-11-12-13-14-15-16-17-20-25-22-23(27)26-21-18-19-24/h25H,2-22,24H2,1H3,(H,26,27). The molecule has 0 aromatic carbocycles. The Morgan fingerprint density at radius 1 is 0.630 bits per heavy atom. The second kappa shape index (κ2) is 23.4. The predicted octanol–water partition coefficient (Wildman–Crippen LogP) is 5.30. The highest BCUT2D eigenvalue weighted by atomic mass is 16.1. The molecule has 4 N–H and O–H groups in total. The van der Waals surface area contributed by atoms with Crippen molar-refractivity contribution >= 4 is 5.91 Å². The minimum atomic E-state index is 0.0833. The van der Waals surface area contributed by atoms with E-state index in [9.17, 15) is 4.79 Å². The number of nitrogens with one attached hydrogen (secondary N) is 2. The summed E-state index contributed by atoms with van der Waals surface area (Å²) in [5.74, 6) is 0.0833. The van der Waals surface area contributed by atoms with Crippen molar-refractivity contribution in [3.8, 4) is 0 Å². The van der Waals surface area contributed by atoms with Crippen molar-refractivity contribution < 1.29 is 4.79 Å². The third-order valence-corrected chi connectivity index (χ3v) is 5.20. The molecule has 0 atom stereocenters. The fourth-order valence-electron chi connectivity index (χ4n) is 3.39. The summed E-state index contributed by atoms with van der Waals surface area (Å²) < 4.78 is 0. The fourth-order valence-corrected chi connectivity index (χ4v) is 3.39. The molecule has 0 heterocycles. The molecule has 0 rings (SSSR count). The van der Waals surface area contributed by atoms with Gasteiger partial charge in [-0.05, 0) is 25.9 Å². The minimum absolute atomic E-state index is 0.0833. The van der Waals surface area contributed by atoms with Crippen molar-refractivity contribution in [3.63, 3.8) is 0 Å². The number of carbonyl (C=O) groups is 1. The number of amides is 1. The van der Waals surface area contributed by atoms with Gasteiger partial charge in [-0.2, -0.15) is 0 Å². The largest absolute Gasteiger partial charge is 0.355 e. The molecule has 0 spiro atoms. The molecule has 0 unspecified atom stereocenters. The van der Waals surface area contributed by atoms with Gasteiger partial charge in [0.2, 0.25) is 5.91 Å². The van der Waals surface area contributed by atoms with Crippen LogP contribution in [0, 0.1) is 0 Å². The lowest BCUT2D eigenvalue weighted by atomic mass is 10.0. The summed E-state index contributed by atoms with van der Waals surface area (Å²) in [5, 5.41) is 6.08. The Balaban J connectivity index is 3.06. The first-order chi connectivity index (χ1) is 13.3. The van der Waals surface area contributed by atoms with E-state index in [1.165, 1.54) is 103 Å². The van der Waals surface area contributed by atoms with Crippen molar-refractivity contribution in [2.24, 2.45) is 5.73 Å². The topological polar surface area (TPSA) is 67.2 Å². The Bertz CT molecular complexity index is 297.